The van der Waals surface area contributed by atoms with E-state index in [2.05, 4.69) is 5.10 Å². The van der Waals surface area contributed by atoms with E-state index in [1.165, 1.54) is 22.9 Å². The molecule has 1 aromatic heterocycles. The molecule has 0 unspecified atom stereocenters. The number of aromatic hydroxyl groups is 1. The summed E-state index contributed by atoms with van der Waals surface area (Å²) >= 11 is 0. The Morgan fingerprint density at radius 1 is 1.40 bits per heavy atom. The maximum absolute atomic E-state index is 13.2. The number of nitrogens with zero attached hydrogens (tertiary/aromatic N) is 2. The van der Waals surface area contributed by atoms with Gasteiger partial charge in [0.2, 0.25) is 0 Å². The molecule has 0 aliphatic carbocycles. The molecule has 0 saturated heterocycles. The Balaban J connectivity index is 2.79. The average molecular weight is 212 g/mol. The molecule has 1 heterocycles. The largest absolute Gasteiger partial charge is 0.508 e. The van der Waals surface area contributed by atoms with Gasteiger partial charge in [0.15, 0.2) is 0 Å². The zero-order valence-corrected chi connectivity index (χ0v) is 8.33. The van der Waals surface area contributed by atoms with E-state index < -0.39 is 5.92 Å². The van der Waals surface area contributed by atoms with E-state index in [-0.39, 0.29) is 11.4 Å². The Bertz CT molecular complexity index is 514. The molecule has 0 aliphatic rings. The van der Waals surface area contributed by atoms with Crippen molar-refractivity contribution < 1.29 is 13.9 Å². The van der Waals surface area contributed by atoms with E-state index in [1.54, 1.807) is 7.05 Å². The molecule has 1 N–H and O–H groups in total. The van der Waals surface area contributed by atoms with Crippen molar-refractivity contribution in [3.8, 4) is 5.75 Å². The van der Waals surface area contributed by atoms with Crippen LogP contribution in [-0.4, -0.2) is 14.9 Å². The number of aryl methyl sites for hydroxylation is 1. The minimum absolute atomic E-state index is 0.0384. The van der Waals surface area contributed by atoms with Crippen molar-refractivity contribution in [2.45, 2.75) is 12.8 Å². The van der Waals surface area contributed by atoms with Gasteiger partial charge in [-0.2, -0.15) is 13.9 Å². The Morgan fingerprint density at radius 2 is 2.07 bits per heavy atom. The lowest BCUT2D eigenvalue weighted by Crippen LogP contribution is -2.08. The molecule has 0 radical (unpaired) electrons. The first-order chi connectivity index (χ1) is 6.89. The van der Waals surface area contributed by atoms with Gasteiger partial charge in [0, 0.05) is 25.4 Å². The normalized spacial score (nSPS) is 12.3. The number of aromatic nitrogens is 2. The van der Waals surface area contributed by atoms with Crippen molar-refractivity contribution in [1.82, 2.24) is 9.78 Å². The van der Waals surface area contributed by atoms with Gasteiger partial charge in [0.05, 0.1) is 5.52 Å². The second-order valence-corrected chi connectivity index (χ2v) is 3.56. The molecule has 2 rings (SSSR count). The third-order valence-corrected chi connectivity index (χ3v) is 2.25. The number of hydrogen-bond donors (Lipinski definition) is 1. The van der Waals surface area contributed by atoms with Crippen LogP contribution in [0.4, 0.5) is 8.78 Å². The van der Waals surface area contributed by atoms with Crippen LogP contribution in [0, 0.1) is 0 Å². The van der Waals surface area contributed by atoms with Crippen LogP contribution in [0.5, 0.6) is 5.75 Å². The van der Waals surface area contributed by atoms with Gasteiger partial charge in [-0.25, -0.2) is 0 Å². The van der Waals surface area contributed by atoms with Crippen LogP contribution in [0.2, 0.25) is 0 Å². The molecule has 5 heteroatoms. The minimum Gasteiger partial charge on any atom is -0.508 e. The fourth-order valence-corrected chi connectivity index (χ4v) is 1.57. The third kappa shape index (κ3) is 1.54. The van der Waals surface area contributed by atoms with Crippen LogP contribution in [0.3, 0.4) is 0 Å². The highest BCUT2D eigenvalue weighted by atomic mass is 19.3. The van der Waals surface area contributed by atoms with Crippen molar-refractivity contribution >= 4 is 10.9 Å². The molecule has 0 fully saturated rings. The predicted octanol–water partition coefficient (Wildman–Crippen LogP) is 2.39. The van der Waals surface area contributed by atoms with E-state index in [4.69, 9.17) is 0 Å². The number of benzene rings is 1. The van der Waals surface area contributed by atoms with E-state index >= 15 is 0 Å². The summed E-state index contributed by atoms with van der Waals surface area (Å²) in [6.07, 6.45) is 0. The topological polar surface area (TPSA) is 38.0 Å². The predicted molar refractivity (Wildman–Crippen MR) is 51.9 cm³/mol. The van der Waals surface area contributed by atoms with Gasteiger partial charge in [-0.15, -0.1) is 0 Å². The van der Waals surface area contributed by atoms with Crippen molar-refractivity contribution in [3.63, 3.8) is 0 Å². The zero-order valence-electron chi connectivity index (χ0n) is 8.33. The second kappa shape index (κ2) is 2.92. The van der Waals surface area contributed by atoms with E-state index in [0.717, 1.165) is 6.92 Å². The van der Waals surface area contributed by atoms with E-state index in [9.17, 15) is 13.9 Å². The molecule has 0 spiro atoms. The summed E-state index contributed by atoms with van der Waals surface area (Å²) in [6.45, 7) is 0.807. The Hall–Kier alpha value is -1.65. The average Bonchev–Trinajstić information content (AvgIpc) is 2.43. The highest BCUT2D eigenvalue weighted by Gasteiger charge is 2.30. The van der Waals surface area contributed by atoms with Crippen molar-refractivity contribution in [2.24, 2.45) is 7.05 Å². The van der Waals surface area contributed by atoms with Gasteiger partial charge in [0.25, 0.3) is 5.92 Å². The highest BCUT2D eigenvalue weighted by Crippen LogP contribution is 2.33. The van der Waals surface area contributed by atoms with Gasteiger partial charge < -0.3 is 5.11 Å². The van der Waals surface area contributed by atoms with Crippen LogP contribution in [-0.2, 0) is 13.0 Å². The van der Waals surface area contributed by atoms with Crippen molar-refractivity contribution in [3.05, 3.63) is 23.9 Å². The van der Waals surface area contributed by atoms with E-state index in [0.29, 0.717) is 10.9 Å². The molecule has 0 saturated carbocycles. The Kier molecular flexibility index (Phi) is 1.92. The lowest BCUT2D eigenvalue weighted by molar-refractivity contribution is 0.0137. The summed E-state index contributed by atoms with van der Waals surface area (Å²) in [5.74, 6) is -2.94. The number of phenolic OH excluding ortho intramolecular Hbond substituents is 1. The maximum Gasteiger partial charge on any atom is 0.289 e. The molecular formula is C10H10F2N2O. The van der Waals surface area contributed by atoms with Crippen LogP contribution in [0.15, 0.2) is 18.2 Å². The molecule has 3 nitrogen and oxygen atoms in total. The quantitative estimate of drug-likeness (QED) is 0.788. The number of rotatable bonds is 1. The van der Waals surface area contributed by atoms with Crippen molar-refractivity contribution in [1.29, 1.82) is 0 Å². The van der Waals surface area contributed by atoms with Crippen LogP contribution in [0.1, 0.15) is 12.6 Å². The number of hydrogen-bond acceptors (Lipinski definition) is 2. The summed E-state index contributed by atoms with van der Waals surface area (Å²) in [7, 11) is 1.57. The first-order valence-electron chi connectivity index (χ1n) is 4.43. The molecule has 0 aliphatic heterocycles. The fraction of sp³-hybridized carbons (Fsp3) is 0.300. The monoisotopic (exact) mass is 212 g/mol. The molecular weight excluding hydrogens is 202 g/mol. The van der Waals surface area contributed by atoms with Crippen LogP contribution >= 0.6 is 0 Å². The number of phenols is 1. The van der Waals surface area contributed by atoms with Crippen LogP contribution in [0.25, 0.3) is 10.9 Å². The molecule has 80 valence electrons. The SMILES string of the molecule is Cn1nc(C(C)(F)F)c2ccc(O)cc21. The van der Waals surface area contributed by atoms with Crippen molar-refractivity contribution in [2.75, 3.05) is 0 Å². The number of fused-ring (bicyclic) bond motifs is 1. The first kappa shape index (κ1) is 9.89. The lowest BCUT2D eigenvalue weighted by Gasteiger charge is -2.06. The van der Waals surface area contributed by atoms with Gasteiger partial charge in [0.1, 0.15) is 11.4 Å². The number of halogens is 2. The Morgan fingerprint density at radius 3 is 2.67 bits per heavy atom. The van der Waals surface area contributed by atoms with Gasteiger partial charge in [-0.3, -0.25) is 4.68 Å². The summed E-state index contributed by atoms with van der Waals surface area (Å²) in [4.78, 5) is 0. The summed E-state index contributed by atoms with van der Waals surface area (Å²) < 4.78 is 27.7. The molecule has 1 aromatic carbocycles. The van der Waals surface area contributed by atoms with Gasteiger partial charge in [-0.1, -0.05) is 0 Å². The third-order valence-electron chi connectivity index (χ3n) is 2.25. The smallest absolute Gasteiger partial charge is 0.289 e. The standard InChI is InChI=1S/C10H10F2N2O/c1-10(11,12)9-7-4-3-6(15)5-8(7)14(2)13-9/h3-5,15H,1-2H3. The van der Waals surface area contributed by atoms with Gasteiger partial charge >= 0.3 is 0 Å². The summed E-state index contributed by atoms with van der Waals surface area (Å²) in [5.41, 5.74) is 0.228. The first-order valence-corrected chi connectivity index (χ1v) is 4.43. The summed E-state index contributed by atoms with van der Waals surface area (Å²) in [6, 6.07) is 4.24. The molecule has 15 heavy (non-hydrogen) atoms. The minimum atomic E-state index is -2.98. The van der Waals surface area contributed by atoms with Gasteiger partial charge in [-0.05, 0) is 12.1 Å². The molecule has 0 bridgehead atoms. The zero-order chi connectivity index (χ0) is 11.2. The van der Waals surface area contributed by atoms with E-state index in [1.807, 2.05) is 0 Å². The molecule has 0 amide bonds. The fourth-order valence-electron chi connectivity index (χ4n) is 1.57. The lowest BCUT2D eigenvalue weighted by atomic mass is 10.1. The van der Waals surface area contributed by atoms with Crippen LogP contribution < -0.4 is 0 Å². The number of alkyl halides is 2. The molecule has 0 atom stereocenters. The second-order valence-electron chi connectivity index (χ2n) is 3.56. The highest BCUT2D eigenvalue weighted by molar-refractivity contribution is 5.83. The summed E-state index contributed by atoms with van der Waals surface area (Å²) in [5, 5.41) is 13.4. The molecule has 2 aromatic rings. The Labute approximate surface area is 84.9 Å². The maximum atomic E-state index is 13.2.